The van der Waals surface area contributed by atoms with Gasteiger partial charge >= 0.3 is 5.69 Å². The van der Waals surface area contributed by atoms with Crippen LogP contribution in [0.25, 0.3) is 26.0 Å². The summed E-state index contributed by atoms with van der Waals surface area (Å²) in [4.78, 5) is 27.2. The first-order valence-electron chi connectivity index (χ1n) is 10.4. The molecule has 0 atom stereocenters. The van der Waals surface area contributed by atoms with Crippen molar-refractivity contribution < 1.29 is 0 Å². The molecule has 5 aromatic rings. The quantitative estimate of drug-likeness (QED) is 0.392. The molecular weight excluding hydrogens is 404 g/mol. The van der Waals surface area contributed by atoms with E-state index in [-0.39, 0.29) is 11.2 Å². The summed E-state index contributed by atoms with van der Waals surface area (Å²) in [6, 6.07) is 23.7. The molecule has 5 rings (SSSR count). The van der Waals surface area contributed by atoms with Crippen LogP contribution in [0.5, 0.6) is 0 Å². The molecule has 0 unspecified atom stereocenters. The van der Waals surface area contributed by atoms with Gasteiger partial charge in [0.15, 0.2) is 0 Å². The average Bonchev–Trinajstić information content (AvgIpc) is 3.18. The van der Waals surface area contributed by atoms with E-state index in [2.05, 4.69) is 6.92 Å². The summed E-state index contributed by atoms with van der Waals surface area (Å²) in [7, 11) is 0. The SMILES string of the molecule is CCc1ccc(-n2c(=O)c3sc4ccccc4c3n(Cc3ccc(C)cc3)c2=O)cc1. The molecule has 2 heterocycles. The fourth-order valence-corrected chi connectivity index (χ4v) is 5.12. The van der Waals surface area contributed by atoms with Crippen LogP contribution in [0.1, 0.15) is 23.6 Å². The van der Waals surface area contributed by atoms with E-state index in [1.165, 1.54) is 27.0 Å². The van der Waals surface area contributed by atoms with Crippen LogP contribution in [0.3, 0.4) is 0 Å². The molecule has 0 saturated carbocycles. The van der Waals surface area contributed by atoms with Crippen molar-refractivity contribution in [3.63, 3.8) is 0 Å². The van der Waals surface area contributed by atoms with Gasteiger partial charge in [0.05, 0.1) is 17.7 Å². The van der Waals surface area contributed by atoms with Crippen molar-refractivity contribution in [1.29, 1.82) is 0 Å². The molecule has 0 saturated heterocycles. The van der Waals surface area contributed by atoms with Gasteiger partial charge in [-0.1, -0.05) is 67.1 Å². The third kappa shape index (κ3) is 3.31. The van der Waals surface area contributed by atoms with E-state index in [4.69, 9.17) is 0 Å². The van der Waals surface area contributed by atoms with Crippen molar-refractivity contribution in [3.8, 4) is 5.69 Å². The molecule has 3 aromatic carbocycles. The summed E-state index contributed by atoms with van der Waals surface area (Å²) in [6.07, 6.45) is 0.905. The zero-order valence-corrected chi connectivity index (χ0v) is 18.3. The number of aryl methyl sites for hydroxylation is 2. The molecule has 0 aliphatic heterocycles. The summed E-state index contributed by atoms with van der Waals surface area (Å²) in [5.41, 5.74) is 4.11. The normalized spacial score (nSPS) is 11.4. The zero-order chi connectivity index (χ0) is 21.5. The second-order valence-electron chi connectivity index (χ2n) is 7.79. The number of fused-ring (bicyclic) bond motifs is 3. The molecule has 0 aliphatic carbocycles. The van der Waals surface area contributed by atoms with Crippen LogP contribution >= 0.6 is 11.3 Å². The van der Waals surface area contributed by atoms with Crippen LogP contribution < -0.4 is 11.2 Å². The van der Waals surface area contributed by atoms with Gasteiger partial charge < -0.3 is 0 Å². The maximum absolute atomic E-state index is 13.7. The number of rotatable bonds is 4. The van der Waals surface area contributed by atoms with E-state index >= 15 is 0 Å². The summed E-state index contributed by atoms with van der Waals surface area (Å²) < 4.78 is 4.66. The van der Waals surface area contributed by atoms with E-state index in [0.29, 0.717) is 16.9 Å². The first-order valence-corrected chi connectivity index (χ1v) is 11.2. The van der Waals surface area contributed by atoms with E-state index in [9.17, 15) is 9.59 Å². The Kier molecular flexibility index (Phi) is 4.83. The summed E-state index contributed by atoms with van der Waals surface area (Å²) in [5.74, 6) is 0. The topological polar surface area (TPSA) is 44.0 Å². The lowest BCUT2D eigenvalue weighted by atomic mass is 10.1. The molecule has 0 bridgehead atoms. The largest absolute Gasteiger partial charge is 0.336 e. The zero-order valence-electron chi connectivity index (χ0n) is 17.5. The highest BCUT2D eigenvalue weighted by Gasteiger charge is 2.19. The number of aromatic nitrogens is 2. The number of hydrogen-bond donors (Lipinski definition) is 0. The predicted molar refractivity (Wildman–Crippen MR) is 129 cm³/mol. The van der Waals surface area contributed by atoms with Gasteiger partial charge in [-0.3, -0.25) is 9.36 Å². The first kappa shape index (κ1) is 19.5. The van der Waals surface area contributed by atoms with Gasteiger partial charge in [-0.15, -0.1) is 11.3 Å². The summed E-state index contributed by atoms with van der Waals surface area (Å²) in [5, 5.41) is 0.942. The van der Waals surface area contributed by atoms with Gasteiger partial charge in [0.1, 0.15) is 4.70 Å². The Bertz CT molecular complexity index is 1520. The highest BCUT2D eigenvalue weighted by atomic mass is 32.1. The number of benzene rings is 3. The van der Waals surface area contributed by atoms with Gasteiger partial charge in [0.25, 0.3) is 5.56 Å². The molecule has 0 aliphatic rings. The molecule has 0 radical (unpaired) electrons. The number of thiophene rings is 1. The third-order valence-electron chi connectivity index (χ3n) is 5.72. The molecule has 31 heavy (non-hydrogen) atoms. The molecule has 4 nitrogen and oxygen atoms in total. The van der Waals surface area contributed by atoms with Crippen LogP contribution in [0.4, 0.5) is 0 Å². The average molecular weight is 427 g/mol. The van der Waals surface area contributed by atoms with Crippen LogP contribution in [0, 0.1) is 6.92 Å². The van der Waals surface area contributed by atoms with Gasteiger partial charge in [-0.05, 0) is 42.7 Å². The van der Waals surface area contributed by atoms with Gasteiger partial charge in [-0.2, -0.15) is 0 Å². The van der Waals surface area contributed by atoms with Gasteiger partial charge in [0, 0.05) is 10.1 Å². The summed E-state index contributed by atoms with van der Waals surface area (Å²) in [6.45, 7) is 4.53. The van der Waals surface area contributed by atoms with Crippen molar-refractivity contribution in [2.75, 3.05) is 0 Å². The maximum atomic E-state index is 13.7. The minimum absolute atomic E-state index is 0.259. The number of hydrogen-bond acceptors (Lipinski definition) is 3. The van der Waals surface area contributed by atoms with Crippen molar-refractivity contribution in [2.45, 2.75) is 26.8 Å². The molecule has 2 aromatic heterocycles. The van der Waals surface area contributed by atoms with Crippen molar-refractivity contribution in [2.24, 2.45) is 0 Å². The van der Waals surface area contributed by atoms with Crippen LogP contribution in [0.15, 0.2) is 82.4 Å². The molecule has 0 spiro atoms. The molecule has 0 N–H and O–H groups in total. The molecule has 0 fully saturated rings. The third-order valence-corrected chi connectivity index (χ3v) is 6.87. The Morgan fingerprint density at radius 2 is 1.52 bits per heavy atom. The lowest BCUT2D eigenvalue weighted by molar-refractivity contribution is 0.718. The molecule has 5 heteroatoms. The van der Waals surface area contributed by atoms with Crippen molar-refractivity contribution >= 4 is 31.6 Å². The van der Waals surface area contributed by atoms with Crippen LogP contribution in [-0.4, -0.2) is 9.13 Å². The standard InChI is InChI=1S/C26H22N2O2S/c1-3-18-12-14-20(15-13-18)28-25(29)24-23(21-6-4-5-7-22(21)31-24)27(26(28)30)16-19-10-8-17(2)9-11-19/h4-15H,3,16H2,1-2H3. The monoisotopic (exact) mass is 426 g/mol. The van der Waals surface area contributed by atoms with E-state index in [1.807, 2.05) is 79.7 Å². The Balaban J connectivity index is 1.84. The smallest absolute Gasteiger partial charge is 0.287 e. The minimum atomic E-state index is -0.314. The Hall–Kier alpha value is -3.44. The lowest BCUT2D eigenvalue weighted by Gasteiger charge is -2.13. The highest BCUT2D eigenvalue weighted by molar-refractivity contribution is 7.25. The summed E-state index contributed by atoms with van der Waals surface area (Å²) >= 11 is 1.45. The predicted octanol–water partition coefficient (Wildman–Crippen LogP) is 5.29. The van der Waals surface area contributed by atoms with Crippen molar-refractivity contribution in [1.82, 2.24) is 9.13 Å². The Morgan fingerprint density at radius 1 is 0.839 bits per heavy atom. The molecular formula is C26H22N2O2S. The van der Waals surface area contributed by atoms with E-state index in [0.717, 1.165) is 27.6 Å². The van der Waals surface area contributed by atoms with E-state index in [1.54, 1.807) is 4.57 Å². The second kappa shape index (κ2) is 7.67. The Morgan fingerprint density at radius 3 is 2.23 bits per heavy atom. The lowest BCUT2D eigenvalue weighted by Crippen LogP contribution is -2.38. The highest BCUT2D eigenvalue weighted by Crippen LogP contribution is 2.31. The van der Waals surface area contributed by atoms with Gasteiger partial charge in [-0.25, -0.2) is 9.36 Å². The Labute approximate surface area is 183 Å². The first-order chi connectivity index (χ1) is 15.1. The van der Waals surface area contributed by atoms with Crippen LogP contribution in [0.2, 0.25) is 0 Å². The molecule has 0 amide bonds. The second-order valence-corrected chi connectivity index (χ2v) is 8.84. The molecule has 154 valence electrons. The van der Waals surface area contributed by atoms with Crippen molar-refractivity contribution in [3.05, 3.63) is 110 Å². The van der Waals surface area contributed by atoms with Crippen LogP contribution in [-0.2, 0) is 13.0 Å². The number of nitrogens with zero attached hydrogens (tertiary/aromatic N) is 2. The fraction of sp³-hybridized carbons (Fsp3) is 0.154. The minimum Gasteiger partial charge on any atom is -0.287 e. The fourth-order valence-electron chi connectivity index (χ4n) is 3.98. The van der Waals surface area contributed by atoms with E-state index < -0.39 is 0 Å². The van der Waals surface area contributed by atoms with Gasteiger partial charge in [0.2, 0.25) is 0 Å². The maximum Gasteiger partial charge on any atom is 0.336 e.